The van der Waals surface area contributed by atoms with Crippen LogP contribution in [0.15, 0.2) is 48.5 Å². The third-order valence-corrected chi connectivity index (χ3v) is 5.22. The number of halogens is 9. The van der Waals surface area contributed by atoms with Gasteiger partial charge in [0.25, 0.3) is 0 Å². The predicted molar refractivity (Wildman–Crippen MR) is 111 cm³/mol. The Hall–Kier alpha value is -3.17. The minimum Gasteiger partial charge on any atom is -0.432 e. The summed E-state index contributed by atoms with van der Waals surface area (Å²) in [5, 5.41) is 0. The molecule has 0 aliphatic heterocycles. The average molecular weight is 506 g/mol. The Morgan fingerprint density at radius 2 is 1.34 bits per heavy atom. The second kappa shape index (κ2) is 10.2. The zero-order valence-electron chi connectivity index (χ0n) is 18.3. The van der Waals surface area contributed by atoms with Crippen LogP contribution in [0.25, 0.3) is 11.1 Å². The van der Waals surface area contributed by atoms with Crippen molar-refractivity contribution in [1.29, 1.82) is 0 Å². The number of rotatable bonds is 8. The quantitative estimate of drug-likeness (QED) is 0.279. The molecule has 3 aromatic carbocycles. The molecule has 10 heteroatoms. The van der Waals surface area contributed by atoms with Gasteiger partial charge in [0, 0.05) is 17.7 Å². The van der Waals surface area contributed by atoms with Crippen molar-refractivity contribution >= 4 is 0 Å². The summed E-state index contributed by atoms with van der Waals surface area (Å²) < 4.78 is 127. The van der Waals surface area contributed by atoms with E-state index < -0.39 is 65.3 Å². The maximum absolute atomic E-state index is 14.6. The van der Waals surface area contributed by atoms with Gasteiger partial charge in [0.2, 0.25) is 0 Å². The molecule has 0 amide bonds. The first kappa shape index (κ1) is 26.4. The van der Waals surface area contributed by atoms with Crippen LogP contribution >= 0.6 is 0 Å². The Balaban J connectivity index is 1.73. The lowest BCUT2D eigenvalue weighted by Crippen LogP contribution is -2.26. The van der Waals surface area contributed by atoms with Crippen molar-refractivity contribution < 1.29 is 44.3 Å². The molecular formula is C25H19F9O. The summed E-state index contributed by atoms with van der Waals surface area (Å²) >= 11 is 0. The standard InChI is InChI=1S/C25H19F9O/c1-2-3-14-4-6-15(7-5-14)18-9-8-16(22(28)23(18)29)10-11-24(30,31)35-17-12-19(26)21(20(27)13-17)25(32,33)34/h4-9,12-13H,2-3,10-11H2,1H3. The molecule has 0 radical (unpaired) electrons. The Bertz CT molecular complexity index is 1160. The lowest BCUT2D eigenvalue weighted by molar-refractivity contribution is -0.180. The molecule has 0 atom stereocenters. The number of hydrogen-bond acceptors (Lipinski definition) is 1. The normalized spacial score (nSPS) is 12.2. The van der Waals surface area contributed by atoms with Gasteiger partial charge in [-0.25, -0.2) is 17.6 Å². The second-order valence-electron chi connectivity index (χ2n) is 7.85. The van der Waals surface area contributed by atoms with Crippen LogP contribution in [0.3, 0.4) is 0 Å². The van der Waals surface area contributed by atoms with Crippen molar-refractivity contribution in [2.24, 2.45) is 0 Å². The largest absolute Gasteiger partial charge is 0.432 e. The Kier molecular flexibility index (Phi) is 7.71. The van der Waals surface area contributed by atoms with Gasteiger partial charge in [-0.2, -0.15) is 22.0 Å². The van der Waals surface area contributed by atoms with Crippen molar-refractivity contribution in [2.45, 2.75) is 44.9 Å². The van der Waals surface area contributed by atoms with Crippen LogP contribution in [0.2, 0.25) is 0 Å². The van der Waals surface area contributed by atoms with Crippen molar-refractivity contribution in [3.05, 3.63) is 88.5 Å². The van der Waals surface area contributed by atoms with E-state index >= 15 is 0 Å². The molecule has 3 aromatic rings. The Morgan fingerprint density at radius 1 is 0.743 bits per heavy atom. The highest BCUT2D eigenvalue weighted by Crippen LogP contribution is 2.37. The molecule has 0 bridgehead atoms. The Morgan fingerprint density at radius 3 is 1.89 bits per heavy atom. The highest BCUT2D eigenvalue weighted by molar-refractivity contribution is 5.65. The molecule has 0 N–H and O–H groups in total. The SMILES string of the molecule is CCCc1ccc(-c2ccc(CCC(F)(F)Oc3cc(F)c(C(F)(F)F)c(F)c3)c(F)c2F)cc1. The van der Waals surface area contributed by atoms with E-state index in [0.717, 1.165) is 24.5 Å². The van der Waals surface area contributed by atoms with Gasteiger partial charge < -0.3 is 4.74 Å². The second-order valence-corrected chi connectivity index (χ2v) is 7.85. The highest BCUT2D eigenvalue weighted by atomic mass is 19.4. The third-order valence-electron chi connectivity index (χ3n) is 5.22. The molecule has 0 fully saturated rings. The zero-order chi connectivity index (χ0) is 26.0. The molecule has 35 heavy (non-hydrogen) atoms. The van der Waals surface area contributed by atoms with E-state index in [4.69, 9.17) is 0 Å². The van der Waals surface area contributed by atoms with E-state index in [1.54, 1.807) is 24.3 Å². The maximum Gasteiger partial charge on any atom is 0.422 e. The zero-order valence-corrected chi connectivity index (χ0v) is 18.3. The molecular weight excluding hydrogens is 487 g/mol. The van der Waals surface area contributed by atoms with Crippen LogP contribution in [0.1, 0.15) is 36.5 Å². The number of hydrogen-bond donors (Lipinski definition) is 0. The first-order chi connectivity index (χ1) is 16.3. The highest BCUT2D eigenvalue weighted by Gasteiger charge is 2.39. The van der Waals surface area contributed by atoms with Gasteiger partial charge in [0.1, 0.15) is 22.9 Å². The van der Waals surface area contributed by atoms with E-state index in [1.807, 2.05) is 6.92 Å². The number of aryl methyl sites for hydroxylation is 2. The minimum atomic E-state index is -5.37. The molecule has 0 aliphatic carbocycles. The maximum atomic E-state index is 14.6. The predicted octanol–water partition coefficient (Wildman–Crippen LogP) is 8.49. The van der Waals surface area contributed by atoms with Crippen LogP contribution < -0.4 is 4.74 Å². The van der Waals surface area contributed by atoms with Crippen LogP contribution in [-0.4, -0.2) is 6.11 Å². The summed E-state index contributed by atoms with van der Waals surface area (Å²) in [5.41, 5.74) is -1.29. The first-order valence-electron chi connectivity index (χ1n) is 10.5. The van der Waals surface area contributed by atoms with E-state index in [2.05, 4.69) is 4.74 Å². The van der Waals surface area contributed by atoms with Gasteiger partial charge in [-0.3, -0.25) is 0 Å². The molecule has 0 aliphatic rings. The van der Waals surface area contributed by atoms with Crippen molar-refractivity contribution in [1.82, 2.24) is 0 Å². The van der Waals surface area contributed by atoms with E-state index in [1.165, 1.54) is 6.07 Å². The van der Waals surface area contributed by atoms with Crippen LogP contribution in [0, 0.1) is 23.3 Å². The number of ether oxygens (including phenoxy) is 1. The first-order valence-corrected chi connectivity index (χ1v) is 10.5. The topological polar surface area (TPSA) is 9.23 Å². The monoisotopic (exact) mass is 506 g/mol. The van der Waals surface area contributed by atoms with Crippen molar-refractivity contribution in [2.75, 3.05) is 0 Å². The Labute approximate surface area is 195 Å². The van der Waals surface area contributed by atoms with Gasteiger partial charge in [-0.05, 0) is 29.5 Å². The lowest BCUT2D eigenvalue weighted by atomic mass is 9.99. The third kappa shape index (κ3) is 6.29. The number of benzene rings is 3. The fourth-order valence-corrected chi connectivity index (χ4v) is 3.53. The van der Waals surface area contributed by atoms with Crippen molar-refractivity contribution in [3.63, 3.8) is 0 Å². The van der Waals surface area contributed by atoms with E-state index in [-0.39, 0.29) is 17.7 Å². The van der Waals surface area contributed by atoms with Gasteiger partial charge >= 0.3 is 12.3 Å². The summed E-state index contributed by atoms with van der Waals surface area (Å²) in [6.07, 6.45) is -9.75. The summed E-state index contributed by atoms with van der Waals surface area (Å²) in [7, 11) is 0. The fraction of sp³-hybridized carbons (Fsp3) is 0.280. The number of alkyl halides is 5. The summed E-state index contributed by atoms with van der Waals surface area (Å²) in [6, 6.07) is 9.09. The molecule has 1 nitrogen and oxygen atoms in total. The van der Waals surface area contributed by atoms with E-state index in [9.17, 15) is 39.5 Å². The molecule has 0 spiro atoms. The summed E-state index contributed by atoms with van der Waals surface area (Å²) in [4.78, 5) is 0. The van der Waals surface area contributed by atoms with Gasteiger partial charge in [-0.15, -0.1) is 0 Å². The van der Waals surface area contributed by atoms with Crippen LogP contribution in [0.5, 0.6) is 5.75 Å². The molecule has 3 rings (SSSR count). The van der Waals surface area contributed by atoms with Gasteiger partial charge in [0.05, 0.1) is 6.42 Å². The van der Waals surface area contributed by atoms with Crippen LogP contribution in [-0.2, 0) is 19.0 Å². The van der Waals surface area contributed by atoms with E-state index in [0.29, 0.717) is 5.56 Å². The minimum absolute atomic E-state index is 0.0271. The molecule has 0 heterocycles. The average Bonchev–Trinajstić information content (AvgIpc) is 2.74. The summed E-state index contributed by atoms with van der Waals surface area (Å²) in [5.74, 6) is -8.03. The lowest BCUT2D eigenvalue weighted by Gasteiger charge is -2.19. The van der Waals surface area contributed by atoms with Gasteiger partial charge in [-0.1, -0.05) is 49.7 Å². The smallest absolute Gasteiger partial charge is 0.422 e. The summed E-state index contributed by atoms with van der Waals surface area (Å²) in [6.45, 7) is 2.00. The molecule has 188 valence electrons. The molecule has 0 saturated heterocycles. The molecule has 0 aromatic heterocycles. The van der Waals surface area contributed by atoms with Gasteiger partial charge in [0.15, 0.2) is 11.6 Å². The van der Waals surface area contributed by atoms with Crippen LogP contribution in [0.4, 0.5) is 39.5 Å². The van der Waals surface area contributed by atoms with Crippen molar-refractivity contribution in [3.8, 4) is 16.9 Å². The molecule has 0 unspecified atom stereocenters. The molecule has 0 saturated carbocycles. The fourth-order valence-electron chi connectivity index (χ4n) is 3.53.